The van der Waals surface area contributed by atoms with Gasteiger partial charge in [0.25, 0.3) is 0 Å². The third-order valence-corrected chi connectivity index (χ3v) is 4.28. The molecule has 1 N–H and O–H groups in total. The van der Waals surface area contributed by atoms with Gasteiger partial charge in [-0.25, -0.2) is 8.78 Å². The van der Waals surface area contributed by atoms with Crippen LogP contribution in [-0.2, 0) is 17.5 Å². The Bertz CT molecular complexity index is 731. The van der Waals surface area contributed by atoms with E-state index in [9.17, 15) is 26.7 Å². The van der Waals surface area contributed by atoms with Crippen LogP contribution in [0.2, 0.25) is 0 Å². The van der Waals surface area contributed by atoms with Crippen LogP contribution >= 0.6 is 11.8 Å². The van der Waals surface area contributed by atoms with Gasteiger partial charge in [0.2, 0.25) is 5.91 Å². The van der Waals surface area contributed by atoms with Gasteiger partial charge in [0.15, 0.2) is 0 Å². The molecule has 1 amide bonds. The van der Waals surface area contributed by atoms with Crippen LogP contribution in [0.3, 0.4) is 0 Å². The lowest BCUT2D eigenvalue weighted by atomic mass is 10.1. The number of rotatable bonds is 6. The van der Waals surface area contributed by atoms with Crippen molar-refractivity contribution < 1.29 is 26.7 Å². The summed E-state index contributed by atoms with van der Waals surface area (Å²) in [6, 6.07) is 8.09. The van der Waals surface area contributed by atoms with Gasteiger partial charge in [0.05, 0.1) is 5.56 Å². The van der Waals surface area contributed by atoms with E-state index in [-0.39, 0.29) is 24.3 Å². The molecular formula is C17H14F5NOS. The van der Waals surface area contributed by atoms with Gasteiger partial charge in [0, 0.05) is 23.6 Å². The van der Waals surface area contributed by atoms with Crippen LogP contribution in [0.5, 0.6) is 0 Å². The van der Waals surface area contributed by atoms with Crippen LogP contribution in [0.4, 0.5) is 22.0 Å². The minimum absolute atomic E-state index is 0.0879. The molecule has 0 saturated heterocycles. The number of alkyl halides is 3. The van der Waals surface area contributed by atoms with Crippen molar-refractivity contribution in [3.8, 4) is 0 Å². The summed E-state index contributed by atoms with van der Waals surface area (Å²) >= 11 is 1.33. The van der Waals surface area contributed by atoms with Gasteiger partial charge < -0.3 is 5.32 Å². The Kier molecular flexibility index (Phi) is 6.41. The molecule has 2 rings (SSSR count). The summed E-state index contributed by atoms with van der Waals surface area (Å²) in [5, 5.41) is 2.39. The second kappa shape index (κ2) is 8.33. The van der Waals surface area contributed by atoms with Crippen LogP contribution in [0.15, 0.2) is 47.4 Å². The summed E-state index contributed by atoms with van der Waals surface area (Å²) in [5.41, 5.74) is -1.30. The Labute approximate surface area is 145 Å². The Morgan fingerprint density at radius 3 is 2.28 bits per heavy atom. The van der Waals surface area contributed by atoms with Crippen molar-refractivity contribution in [2.45, 2.75) is 24.0 Å². The second-order valence-corrected chi connectivity index (χ2v) is 6.30. The number of carbonyl (C=O) groups is 1. The van der Waals surface area contributed by atoms with E-state index in [2.05, 4.69) is 5.32 Å². The van der Waals surface area contributed by atoms with Crippen LogP contribution in [0.1, 0.15) is 17.5 Å². The van der Waals surface area contributed by atoms with Gasteiger partial charge in [-0.2, -0.15) is 13.2 Å². The normalized spacial score (nSPS) is 11.4. The van der Waals surface area contributed by atoms with E-state index in [1.807, 2.05) is 0 Å². The topological polar surface area (TPSA) is 29.1 Å². The first-order valence-corrected chi connectivity index (χ1v) is 8.25. The largest absolute Gasteiger partial charge is 0.416 e. The highest BCUT2D eigenvalue weighted by Crippen LogP contribution is 2.32. The lowest BCUT2D eigenvalue weighted by Crippen LogP contribution is -2.24. The van der Waals surface area contributed by atoms with Gasteiger partial charge in [-0.05, 0) is 42.0 Å². The molecule has 0 radical (unpaired) electrons. The molecule has 134 valence electrons. The van der Waals surface area contributed by atoms with Crippen molar-refractivity contribution in [2.75, 3.05) is 5.75 Å². The molecule has 0 bridgehead atoms. The molecule has 2 nitrogen and oxygen atoms in total. The van der Waals surface area contributed by atoms with Crippen molar-refractivity contribution in [1.29, 1.82) is 0 Å². The summed E-state index contributed by atoms with van der Waals surface area (Å²) in [5.74, 6) is -1.38. The number of carbonyl (C=O) groups excluding carboxylic acids is 1. The van der Waals surface area contributed by atoms with E-state index in [4.69, 9.17) is 0 Å². The van der Waals surface area contributed by atoms with E-state index >= 15 is 0 Å². The third kappa shape index (κ3) is 6.04. The van der Waals surface area contributed by atoms with E-state index in [0.29, 0.717) is 11.8 Å². The molecule has 2 aromatic rings. The van der Waals surface area contributed by atoms with Crippen molar-refractivity contribution in [2.24, 2.45) is 0 Å². The van der Waals surface area contributed by atoms with Crippen LogP contribution < -0.4 is 5.32 Å². The Morgan fingerprint density at radius 1 is 1.00 bits per heavy atom. The number of amides is 1. The van der Waals surface area contributed by atoms with Gasteiger partial charge in [-0.15, -0.1) is 11.8 Å². The molecule has 2 aromatic carbocycles. The summed E-state index contributed by atoms with van der Waals surface area (Å²) in [7, 11) is 0. The highest BCUT2D eigenvalue weighted by molar-refractivity contribution is 7.99. The molecule has 0 spiro atoms. The number of halogens is 5. The standard InChI is InChI=1S/C17H14F5NOS/c18-12-3-5-14(6-4-12)25-8-7-16(24)23-10-11-1-2-13(19)9-15(11)17(20,21)22/h1-6,9H,7-8,10H2,(H,23,24). The number of hydrogen-bond acceptors (Lipinski definition) is 2. The zero-order valence-corrected chi connectivity index (χ0v) is 13.7. The fourth-order valence-corrected chi connectivity index (χ4v) is 2.89. The lowest BCUT2D eigenvalue weighted by Gasteiger charge is -2.13. The monoisotopic (exact) mass is 375 g/mol. The molecule has 0 aliphatic rings. The van der Waals surface area contributed by atoms with E-state index in [1.165, 1.54) is 23.9 Å². The average molecular weight is 375 g/mol. The van der Waals surface area contributed by atoms with Crippen molar-refractivity contribution in [3.05, 3.63) is 65.2 Å². The van der Waals surface area contributed by atoms with Crippen molar-refractivity contribution >= 4 is 17.7 Å². The highest BCUT2D eigenvalue weighted by atomic mass is 32.2. The minimum atomic E-state index is -4.69. The summed E-state index contributed by atoms with van der Waals surface area (Å²) in [6.45, 7) is -0.338. The number of hydrogen-bond donors (Lipinski definition) is 1. The Morgan fingerprint density at radius 2 is 1.64 bits per heavy atom. The Balaban J connectivity index is 1.85. The quantitative estimate of drug-likeness (QED) is 0.581. The molecule has 0 saturated carbocycles. The summed E-state index contributed by atoms with van der Waals surface area (Å²) in [6.07, 6.45) is -4.61. The molecule has 25 heavy (non-hydrogen) atoms. The predicted octanol–water partition coefficient (Wildman–Crippen LogP) is 4.78. The van der Waals surface area contributed by atoms with Crippen LogP contribution in [0.25, 0.3) is 0 Å². The molecule has 0 aliphatic heterocycles. The van der Waals surface area contributed by atoms with E-state index in [1.54, 1.807) is 12.1 Å². The predicted molar refractivity (Wildman–Crippen MR) is 85.0 cm³/mol. The molecule has 0 heterocycles. The maximum absolute atomic E-state index is 13.0. The van der Waals surface area contributed by atoms with Gasteiger partial charge in [-0.3, -0.25) is 4.79 Å². The summed E-state index contributed by atoms with van der Waals surface area (Å²) < 4.78 is 64.4. The maximum atomic E-state index is 13.0. The smallest absolute Gasteiger partial charge is 0.352 e. The van der Waals surface area contributed by atoms with Gasteiger partial charge in [-0.1, -0.05) is 6.07 Å². The molecule has 8 heteroatoms. The van der Waals surface area contributed by atoms with E-state index in [0.717, 1.165) is 17.0 Å². The molecule has 0 unspecified atom stereocenters. The van der Waals surface area contributed by atoms with Crippen LogP contribution in [-0.4, -0.2) is 11.7 Å². The highest BCUT2D eigenvalue weighted by Gasteiger charge is 2.33. The molecule has 0 atom stereocenters. The molecule has 0 aliphatic carbocycles. The minimum Gasteiger partial charge on any atom is -0.352 e. The van der Waals surface area contributed by atoms with Crippen molar-refractivity contribution in [3.63, 3.8) is 0 Å². The number of thioether (sulfide) groups is 1. The molecular weight excluding hydrogens is 361 g/mol. The van der Waals surface area contributed by atoms with Crippen LogP contribution in [0, 0.1) is 11.6 Å². The fourth-order valence-electron chi connectivity index (χ4n) is 2.04. The SMILES string of the molecule is O=C(CCSc1ccc(F)cc1)NCc1ccc(F)cc1C(F)(F)F. The zero-order valence-electron chi connectivity index (χ0n) is 12.9. The lowest BCUT2D eigenvalue weighted by molar-refractivity contribution is -0.138. The number of nitrogens with one attached hydrogen (secondary N) is 1. The second-order valence-electron chi connectivity index (χ2n) is 5.13. The maximum Gasteiger partial charge on any atom is 0.416 e. The van der Waals surface area contributed by atoms with Gasteiger partial charge >= 0.3 is 6.18 Å². The van der Waals surface area contributed by atoms with Crippen molar-refractivity contribution in [1.82, 2.24) is 5.32 Å². The fraction of sp³-hybridized carbons (Fsp3) is 0.235. The third-order valence-electron chi connectivity index (χ3n) is 3.26. The zero-order chi connectivity index (χ0) is 18.4. The van der Waals surface area contributed by atoms with E-state index < -0.39 is 23.5 Å². The Hall–Kier alpha value is -2.09. The first-order chi connectivity index (χ1) is 11.8. The summed E-state index contributed by atoms with van der Waals surface area (Å²) in [4.78, 5) is 12.5. The first-order valence-electron chi connectivity index (χ1n) is 7.26. The number of benzene rings is 2. The average Bonchev–Trinajstić information content (AvgIpc) is 2.54. The molecule has 0 aromatic heterocycles. The first kappa shape index (κ1) is 19.2. The van der Waals surface area contributed by atoms with Gasteiger partial charge in [0.1, 0.15) is 11.6 Å². The molecule has 0 fully saturated rings.